The van der Waals surface area contributed by atoms with Gasteiger partial charge in [0.1, 0.15) is 0 Å². The summed E-state index contributed by atoms with van der Waals surface area (Å²) in [4.78, 5) is 44.1. The predicted molar refractivity (Wildman–Crippen MR) is 116 cm³/mol. The van der Waals surface area contributed by atoms with Crippen molar-refractivity contribution in [2.75, 3.05) is 34.3 Å². The zero-order valence-corrected chi connectivity index (χ0v) is 17.8. The quantitative estimate of drug-likeness (QED) is 0.511. The lowest BCUT2D eigenvalue weighted by molar-refractivity contribution is 0.0999. The molecule has 9 nitrogen and oxygen atoms in total. The van der Waals surface area contributed by atoms with E-state index in [1.807, 2.05) is 35.5 Å². The lowest BCUT2D eigenvalue weighted by Crippen LogP contribution is -2.29. The van der Waals surface area contributed by atoms with E-state index in [4.69, 9.17) is 17.2 Å². The molecule has 1 aromatic rings. The van der Waals surface area contributed by atoms with Crippen LogP contribution in [-0.4, -0.2) is 55.5 Å². The van der Waals surface area contributed by atoms with E-state index in [9.17, 15) is 14.4 Å². The van der Waals surface area contributed by atoms with Gasteiger partial charge in [-0.1, -0.05) is 20.8 Å². The van der Waals surface area contributed by atoms with Crippen LogP contribution < -0.4 is 31.9 Å². The second-order valence-electron chi connectivity index (χ2n) is 8.41. The molecule has 162 valence electrons. The van der Waals surface area contributed by atoms with Crippen LogP contribution in [0.3, 0.4) is 0 Å². The van der Waals surface area contributed by atoms with Gasteiger partial charge in [-0.2, -0.15) is 0 Å². The molecule has 0 radical (unpaired) electrons. The van der Waals surface area contributed by atoms with Gasteiger partial charge < -0.3 is 31.9 Å². The van der Waals surface area contributed by atoms with Crippen molar-refractivity contribution >= 4 is 34.8 Å². The highest BCUT2D eigenvalue weighted by molar-refractivity contribution is 6.22. The first kappa shape index (κ1) is 20.3. The van der Waals surface area contributed by atoms with Gasteiger partial charge in [0.05, 0.1) is 33.8 Å². The Morgan fingerprint density at radius 1 is 0.633 bits per heavy atom. The maximum Gasteiger partial charge on any atom is 0.252 e. The summed E-state index contributed by atoms with van der Waals surface area (Å²) in [5.74, 6) is -2.05. The average Bonchev–Trinajstić information content (AvgIpc) is 3.59. The molecule has 3 atom stereocenters. The lowest BCUT2D eigenvalue weighted by atomic mass is 9.94. The highest BCUT2D eigenvalue weighted by atomic mass is 16.2. The monoisotopic (exact) mass is 414 g/mol. The Kier molecular flexibility index (Phi) is 4.79. The van der Waals surface area contributed by atoms with Gasteiger partial charge in [0, 0.05) is 37.8 Å². The zero-order chi connectivity index (χ0) is 21.9. The number of primary amides is 3. The fourth-order valence-corrected chi connectivity index (χ4v) is 4.68. The van der Waals surface area contributed by atoms with Gasteiger partial charge in [0.2, 0.25) is 0 Å². The van der Waals surface area contributed by atoms with Gasteiger partial charge in [0.15, 0.2) is 0 Å². The molecule has 3 heterocycles. The van der Waals surface area contributed by atoms with E-state index < -0.39 is 17.7 Å². The third-order valence-corrected chi connectivity index (χ3v) is 6.58. The highest BCUT2D eigenvalue weighted by Crippen LogP contribution is 2.51. The molecule has 1 aromatic carbocycles. The molecule has 6 N–H and O–H groups in total. The van der Waals surface area contributed by atoms with Gasteiger partial charge in [-0.15, -0.1) is 0 Å². The predicted octanol–water partition coefficient (Wildman–Crippen LogP) is 0.779. The second kappa shape index (κ2) is 7.07. The van der Waals surface area contributed by atoms with Gasteiger partial charge in [-0.05, 0) is 19.3 Å². The van der Waals surface area contributed by atoms with E-state index >= 15 is 0 Å². The summed E-state index contributed by atoms with van der Waals surface area (Å²) in [6, 6.07) is 0.607. The summed E-state index contributed by atoms with van der Waals surface area (Å²) in [5.41, 5.74) is 19.5. The number of hydrogen-bond acceptors (Lipinski definition) is 6. The molecule has 9 heteroatoms. The van der Waals surface area contributed by atoms with E-state index in [2.05, 4.69) is 0 Å². The SMILES string of the molecule is CCC1CN1c1c(C(N)=O)c(N2CC2CC)c(C(N)=O)c(N2CC2CC)c1C(N)=O. The van der Waals surface area contributed by atoms with E-state index in [0.29, 0.717) is 36.7 Å². The van der Waals surface area contributed by atoms with Crippen molar-refractivity contribution in [3.8, 4) is 0 Å². The van der Waals surface area contributed by atoms with Crippen LogP contribution in [0.15, 0.2) is 0 Å². The summed E-state index contributed by atoms with van der Waals surface area (Å²) in [6.07, 6.45) is 2.59. The minimum atomic E-state index is -0.683. The van der Waals surface area contributed by atoms with Crippen LogP contribution in [0.1, 0.15) is 71.1 Å². The van der Waals surface area contributed by atoms with Crippen LogP contribution in [0.5, 0.6) is 0 Å². The molecule has 3 unspecified atom stereocenters. The Balaban J connectivity index is 2.08. The molecular weight excluding hydrogens is 384 g/mol. The molecule has 3 amide bonds. The largest absolute Gasteiger partial charge is 0.365 e. The Morgan fingerprint density at radius 3 is 1.00 bits per heavy atom. The van der Waals surface area contributed by atoms with E-state index in [1.54, 1.807) is 0 Å². The third-order valence-electron chi connectivity index (χ3n) is 6.58. The summed E-state index contributed by atoms with van der Waals surface area (Å²) in [5, 5.41) is 0. The highest BCUT2D eigenvalue weighted by Gasteiger charge is 2.48. The Morgan fingerprint density at radius 2 is 0.867 bits per heavy atom. The van der Waals surface area contributed by atoms with Crippen LogP contribution in [0.25, 0.3) is 0 Å². The number of carbonyl (C=O) groups excluding carboxylic acids is 3. The smallest absolute Gasteiger partial charge is 0.252 e. The van der Waals surface area contributed by atoms with Crippen molar-refractivity contribution in [3.05, 3.63) is 16.7 Å². The molecule has 0 bridgehead atoms. The number of amides is 3. The lowest BCUT2D eigenvalue weighted by Gasteiger charge is -2.26. The first-order valence-corrected chi connectivity index (χ1v) is 10.7. The number of nitrogens with zero attached hydrogens (tertiary/aromatic N) is 3. The zero-order valence-electron chi connectivity index (χ0n) is 17.8. The first-order valence-electron chi connectivity index (χ1n) is 10.7. The van der Waals surface area contributed by atoms with Crippen LogP contribution in [0.4, 0.5) is 17.1 Å². The number of anilines is 3. The maximum atomic E-state index is 12.7. The second-order valence-corrected chi connectivity index (χ2v) is 8.41. The Bertz CT molecular complexity index is 805. The minimum Gasteiger partial charge on any atom is -0.365 e. The molecule has 0 aliphatic carbocycles. The van der Waals surface area contributed by atoms with Gasteiger partial charge in [0.25, 0.3) is 17.7 Å². The summed E-state index contributed by atoms with van der Waals surface area (Å²) < 4.78 is 0. The molecule has 0 aromatic heterocycles. The number of benzene rings is 1. The van der Waals surface area contributed by atoms with Crippen molar-refractivity contribution in [2.24, 2.45) is 17.2 Å². The Hall–Kier alpha value is -2.97. The van der Waals surface area contributed by atoms with E-state index in [0.717, 1.165) is 19.3 Å². The molecule has 30 heavy (non-hydrogen) atoms. The topological polar surface area (TPSA) is 138 Å². The summed E-state index contributed by atoms with van der Waals surface area (Å²) >= 11 is 0. The third kappa shape index (κ3) is 3.03. The average molecular weight is 415 g/mol. The van der Waals surface area contributed by atoms with Crippen molar-refractivity contribution < 1.29 is 14.4 Å². The van der Waals surface area contributed by atoms with Gasteiger partial charge in [-0.25, -0.2) is 0 Å². The standard InChI is InChI=1S/C21H30N6O3/c1-4-10-7-25(10)16-13(19(22)28)17(26-8-11(26)5-2)15(21(24)30)18(14(16)20(23)29)27-9-12(27)6-3/h10-12H,4-9H2,1-3H3,(H2,22,28)(H2,23,29)(H2,24,30). The molecular formula is C21H30N6O3. The number of carbonyl (C=O) groups is 3. The maximum absolute atomic E-state index is 12.7. The number of rotatable bonds is 9. The number of hydrogen-bond donors (Lipinski definition) is 3. The van der Waals surface area contributed by atoms with Gasteiger partial charge >= 0.3 is 0 Å². The van der Waals surface area contributed by atoms with E-state index in [-0.39, 0.29) is 34.8 Å². The summed E-state index contributed by atoms with van der Waals surface area (Å²) in [6.45, 7) is 8.27. The van der Waals surface area contributed by atoms with Crippen LogP contribution in [0.2, 0.25) is 0 Å². The minimum absolute atomic E-state index is 0.183. The van der Waals surface area contributed by atoms with Crippen molar-refractivity contribution in [1.29, 1.82) is 0 Å². The van der Waals surface area contributed by atoms with Crippen LogP contribution in [-0.2, 0) is 0 Å². The normalized spacial score (nSPS) is 24.1. The molecule has 0 saturated carbocycles. The number of nitrogens with two attached hydrogens (primary N) is 3. The molecule has 3 aliphatic heterocycles. The molecule has 0 spiro atoms. The van der Waals surface area contributed by atoms with Crippen molar-refractivity contribution in [2.45, 2.75) is 58.2 Å². The molecule has 4 rings (SSSR count). The van der Waals surface area contributed by atoms with Crippen molar-refractivity contribution in [1.82, 2.24) is 0 Å². The van der Waals surface area contributed by atoms with Crippen LogP contribution >= 0.6 is 0 Å². The molecule has 3 aliphatic rings. The molecule has 3 fully saturated rings. The van der Waals surface area contributed by atoms with Gasteiger partial charge in [-0.3, -0.25) is 14.4 Å². The van der Waals surface area contributed by atoms with Crippen molar-refractivity contribution in [3.63, 3.8) is 0 Å². The van der Waals surface area contributed by atoms with Crippen LogP contribution in [0, 0.1) is 0 Å². The summed E-state index contributed by atoms with van der Waals surface area (Å²) in [7, 11) is 0. The molecule has 3 saturated heterocycles. The Labute approximate surface area is 176 Å². The first-order chi connectivity index (χ1) is 14.3. The fraction of sp³-hybridized carbons (Fsp3) is 0.571. The van der Waals surface area contributed by atoms with E-state index in [1.165, 1.54) is 0 Å². The fourth-order valence-electron chi connectivity index (χ4n) is 4.68.